The minimum Gasteiger partial charge on any atom is -0.303 e. The van der Waals surface area contributed by atoms with Gasteiger partial charge in [-0.1, -0.05) is 5.11 Å². The molecule has 88 valence electrons. The number of nitrogens with one attached hydrogen (secondary N) is 1. The number of nitriles is 1. The second-order valence-electron chi connectivity index (χ2n) is 4.27. The maximum atomic E-state index is 9.24. The first-order chi connectivity index (χ1) is 7.72. The van der Waals surface area contributed by atoms with Gasteiger partial charge in [0.25, 0.3) is 0 Å². The van der Waals surface area contributed by atoms with E-state index in [1.54, 1.807) is 0 Å². The molecule has 6 nitrogen and oxygen atoms in total. The Morgan fingerprint density at radius 2 is 2.50 bits per heavy atom. The van der Waals surface area contributed by atoms with Crippen LogP contribution in [0.2, 0.25) is 0 Å². The molecule has 1 heterocycles. The Bertz CT molecular complexity index is 303. The minimum atomic E-state index is -0.413. The van der Waals surface area contributed by atoms with Crippen molar-refractivity contribution in [1.29, 1.82) is 5.26 Å². The highest BCUT2D eigenvalue weighted by atomic mass is 15.2. The van der Waals surface area contributed by atoms with E-state index in [4.69, 9.17) is 5.53 Å². The maximum Gasteiger partial charge on any atom is 0.119 e. The molecule has 1 aliphatic rings. The molecule has 0 aromatic heterocycles. The molecule has 1 unspecified atom stereocenters. The van der Waals surface area contributed by atoms with E-state index in [2.05, 4.69) is 26.3 Å². The predicted octanol–water partition coefficient (Wildman–Crippen LogP) is 1.26. The largest absolute Gasteiger partial charge is 0.303 e. The van der Waals surface area contributed by atoms with Gasteiger partial charge in [-0.05, 0) is 44.9 Å². The van der Waals surface area contributed by atoms with Crippen molar-refractivity contribution in [1.82, 2.24) is 10.2 Å². The first-order valence-electron chi connectivity index (χ1n) is 5.58. The zero-order chi connectivity index (χ0) is 11.9. The molecular formula is C10H18N6. The predicted molar refractivity (Wildman–Crippen MR) is 61.7 cm³/mol. The van der Waals surface area contributed by atoms with Crippen LogP contribution < -0.4 is 5.32 Å². The normalized spacial score (nSPS) is 25.8. The second kappa shape index (κ2) is 6.33. The van der Waals surface area contributed by atoms with Gasteiger partial charge in [-0.15, -0.1) is 0 Å². The number of rotatable bonds is 5. The molecule has 1 rings (SSSR count). The zero-order valence-electron chi connectivity index (χ0n) is 9.69. The Kier molecular flexibility index (Phi) is 5.06. The molecule has 16 heavy (non-hydrogen) atoms. The van der Waals surface area contributed by atoms with Crippen molar-refractivity contribution in [2.24, 2.45) is 5.11 Å². The second-order valence-corrected chi connectivity index (χ2v) is 4.27. The Balaban J connectivity index is 2.36. The fourth-order valence-corrected chi connectivity index (χ4v) is 2.07. The highest BCUT2D eigenvalue weighted by Crippen LogP contribution is 2.19. The first kappa shape index (κ1) is 12.8. The fourth-order valence-electron chi connectivity index (χ4n) is 2.07. The number of hydrogen-bond acceptors (Lipinski definition) is 4. The summed E-state index contributed by atoms with van der Waals surface area (Å²) in [5, 5.41) is 16.0. The van der Waals surface area contributed by atoms with Crippen LogP contribution in [0.3, 0.4) is 0 Å². The molecule has 6 heteroatoms. The Labute approximate surface area is 95.9 Å². The monoisotopic (exact) mass is 222 g/mol. The van der Waals surface area contributed by atoms with Crippen molar-refractivity contribution < 1.29 is 0 Å². The molecule has 0 spiro atoms. The van der Waals surface area contributed by atoms with Crippen LogP contribution in [0.1, 0.15) is 19.3 Å². The van der Waals surface area contributed by atoms with Gasteiger partial charge in [0.2, 0.25) is 0 Å². The molecule has 0 aromatic carbocycles. The van der Waals surface area contributed by atoms with Crippen molar-refractivity contribution in [3.63, 3.8) is 0 Å². The zero-order valence-corrected chi connectivity index (χ0v) is 9.69. The summed E-state index contributed by atoms with van der Waals surface area (Å²) < 4.78 is 0. The summed E-state index contributed by atoms with van der Waals surface area (Å²) in [5.74, 6) is 0. The minimum absolute atomic E-state index is 0.413. The van der Waals surface area contributed by atoms with Gasteiger partial charge >= 0.3 is 0 Å². The molecule has 1 saturated heterocycles. The van der Waals surface area contributed by atoms with Crippen LogP contribution in [0, 0.1) is 11.3 Å². The highest BCUT2D eigenvalue weighted by molar-refractivity contribution is 5.10. The fraction of sp³-hybridized carbons (Fsp3) is 0.900. The smallest absolute Gasteiger partial charge is 0.119 e. The van der Waals surface area contributed by atoms with Gasteiger partial charge in [0.05, 0.1) is 6.07 Å². The summed E-state index contributed by atoms with van der Waals surface area (Å²) in [4.78, 5) is 4.87. The lowest BCUT2D eigenvalue weighted by atomic mass is 9.90. The molecule has 0 radical (unpaired) electrons. The third kappa shape index (κ3) is 3.70. The van der Waals surface area contributed by atoms with Crippen molar-refractivity contribution >= 4 is 0 Å². The summed E-state index contributed by atoms with van der Waals surface area (Å²) in [5.41, 5.74) is 7.71. The summed E-state index contributed by atoms with van der Waals surface area (Å²) in [6.07, 6.45) is 2.72. The standard InChI is InChI=1S/C10H18N6/c1-16-7-2-4-10(8-11,9-16)13-5-3-6-14-15-12/h13H,2-7,9H2,1H3. The number of azide groups is 1. The van der Waals surface area contributed by atoms with Crippen LogP contribution in [0.4, 0.5) is 0 Å². The number of likely N-dealkylation sites (tertiary alicyclic amines) is 1. The SMILES string of the molecule is CN1CCCC(C#N)(NCCCN=[N+]=[N-])C1. The van der Waals surface area contributed by atoms with Crippen LogP contribution >= 0.6 is 0 Å². The number of hydrogen-bond donors (Lipinski definition) is 1. The van der Waals surface area contributed by atoms with Crippen LogP contribution in [-0.4, -0.2) is 43.7 Å². The summed E-state index contributed by atoms with van der Waals surface area (Å²) in [7, 11) is 2.03. The van der Waals surface area contributed by atoms with Gasteiger partial charge in [0.1, 0.15) is 5.54 Å². The third-order valence-corrected chi connectivity index (χ3v) is 2.86. The molecule has 0 aromatic rings. The molecule has 0 aliphatic carbocycles. The molecule has 1 aliphatic heterocycles. The Morgan fingerprint density at radius 1 is 1.69 bits per heavy atom. The van der Waals surface area contributed by atoms with Gasteiger partial charge in [-0.25, -0.2) is 0 Å². The Hall–Kier alpha value is -1.28. The van der Waals surface area contributed by atoms with E-state index < -0.39 is 5.54 Å². The van der Waals surface area contributed by atoms with Gasteiger partial charge in [0, 0.05) is 18.0 Å². The van der Waals surface area contributed by atoms with E-state index >= 15 is 0 Å². The van der Waals surface area contributed by atoms with E-state index in [-0.39, 0.29) is 0 Å². The molecule has 0 bridgehead atoms. The van der Waals surface area contributed by atoms with Crippen LogP contribution in [0.15, 0.2) is 5.11 Å². The third-order valence-electron chi connectivity index (χ3n) is 2.86. The van der Waals surface area contributed by atoms with Crippen LogP contribution in [-0.2, 0) is 0 Å². The number of likely N-dealkylation sites (N-methyl/N-ethyl adjacent to an activating group) is 1. The van der Waals surface area contributed by atoms with Crippen molar-refractivity contribution in [3.05, 3.63) is 10.4 Å². The Morgan fingerprint density at radius 3 is 3.12 bits per heavy atom. The summed E-state index contributed by atoms with van der Waals surface area (Å²) in [6.45, 7) is 3.04. The molecule has 1 N–H and O–H groups in total. The quantitative estimate of drug-likeness (QED) is 0.329. The topological polar surface area (TPSA) is 87.8 Å². The number of nitrogens with zero attached hydrogens (tertiary/aromatic N) is 5. The van der Waals surface area contributed by atoms with Crippen molar-refractivity contribution in [3.8, 4) is 6.07 Å². The first-order valence-corrected chi connectivity index (χ1v) is 5.58. The maximum absolute atomic E-state index is 9.24. The van der Waals surface area contributed by atoms with Crippen molar-refractivity contribution in [2.45, 2.75) is 24.8 Å². The van der Waals surface area contributed by atoms with E-state index in [1.807, 2.05) is 7.05 Å². The lowest BCUT2D eigenvalue weighted by molar-refractivity contribution is 0.185. The van der Waals surface area contributed by atoms with E-state index in [0.717, 1.165) is 38.9 Å². The average Bonchev–Trinajstić information content (AvgIpc) is 2.29. The van der Waals surface area contributed by atoms with Gasteiger partial charge in [0.15, 0.2) is 0 Å². The molecule has 0 amide bonds. The lowest BCUT2D eigenvalue weighted by Crippen LogP contribution is -2.55. The van der Waals surface area contributed by atoms with Gasteiger partial charge < -0.3 is 4.90 Å². The summed E-state index contributed by atoms with van der Waals surface area (Å²) in [6, 6.07) is 2.38. The highest BCUT2D eigenvalue weighted by Gasteiger charge is 2.33. The van der Waals surface area contributed by atoms with E-state index in [0.29, 0.717) is 6.54 Å². The summed E-state index contributed by atoms with van der Waals surface area (Å²) >= 11 is 0. The number of piperidine rings is 1. The van der Waals surface area contributed by atoms with Crippen LogP contribution in [0.25, 0.3) is 10.4 Å². The van der Waals surface area contributed by atoms with Gasteiger partial charge in [-0.3, -0.25) is 5.32 Å². The van der Waals surface area contributed by atoms with E-state index in [9.17, 15) is 5.26 Å². The van der Waals surface area contributed by atoms with Crippen LogP contribution in [0.5, 0.6) is 0 Å². The molecule has 1 fully saturated rings. The van der Waals surface area contributed by atoms with E-state index in [1.165, 1.54) is 0 Å². The molecular weight excluding hydrogens is 204 g/mol. The lowest BCUT2D eigenvalue weighted by Gasteiger charge is -2.37. The van der Waals surface area contributed by atoms with Crippen molar-refractivity contribution in [2.75, 3.05) is 33.2 Å². The van der Waals surface area contributed by atoms with Gasteiger partial charge in [-0.2, -0.15) is 5.26 Å². The average molecular weight is 222 g/mol. The molecule has 1 atom stereocenters. The molecule has 0 saturated carbocycles.